The number of nitrogens with zero attached hydrogens (tertiary/aromatic N) is 5. The first-order valence-corrected chi connectivity index (χ1v) is 11.3. The Labute approximate surface area is 176 Å². The van der Waals surface area contributed by atoms with E-state index in [-0.39, 0.29) is 6.10 Å². The fourth-order valence-electron chi connectivity index (χ4n) is 3.26. The topological polar surface area (TPSA) is 98.6 Å². The first kappa shape index (κ1) is 18.5. The van der Waals surface area contributed by atoms with Gasteiger partial charge in [-0.2, -0.15) is 0 Å². The second kappa shape index (κ2) is 7.69. The molecule has 5 rings (SSSR count). The van der Waals surface area contributed by atoms with Gasteiger partial charge in [0.25, 0.3) is 0 Å². The molecule has 0 unspecified atom stereocenters. The molecule has 1 saturated heterocycles. The van der Waals surface area contributed by atoms with Crippen molar-refractivity contribution in [3.63, 3.8) is 0 Å². The fourth-order valence-corrected chi connectivity index (χ4v) is 4.85. The van der Waals surface area contributed by atoms with E-state index in [2.05, 4.69) is 43.5 Å². The third-order valence-corrected chi connectivity index (χ3v) is 6.54. The molecule has 10 heteroatoms. The summed E-state index contributed by atoms with van der Waals surface area (Å²) in [5.74, 6) is 1.69. The van der Waals surface area contributed by atoms with Crippen LogP contribution in [-0.4, -0.2) is 58.3 Å². The van der Waals surface area contributed by atoms with Gasteiger partial charge in [-0.05, 0) is 25.0 Å². The molecule has 0 bridgehead atoms. The van der Waals surface area contributed by atoms with E-state index >= 15 is 0 Å². The number of thiazole rings is 2. The summed E-state index contributed by atoms with van der Waals surface area (Å²) in [7, 11) is 0. The minimum atomic E-state index is -0.239. The highest BCUT2D eigenvalue weighted by Gasteiger charge is 2.26. The molecule has 5 heterocycles. The van der Waals surface area contributed by atoms with Crippen LogP contribution in [0.3, 0.4) is 0 Å². The maximum Gasteiger partial charge on any atom is 0.197 e. The highest BCUT2D eigenvalue weighted by Crippen LogP contribution is 2.33. The molecule has 0 aliphatic carbocycles. The lowest BCUT2D eigenvalue weighted by atomic mass is 10.1. The van der Waals surface area contributed by atoms with Crippen molar-refractivity contribution in [1.82, 2.24) is 20.3 Å². The molecule has 8 nitrogen and oxygen atoms in total. The van der Waals surface area contributed by atoms with Crippen LogP contribution in [-0.2, 0) is 0 Å². The van der Waals surface area contributed by atoms with Crippen LogP contribution in [0.2, 0.25) is 0 Å². The molecule has 0 saturated carbocycles. The van der Waals surface area contributed by atoms with Gasteiger partial charge in [0.2, 0.25) is 0 Å². The molecule has 3 aromatic rings. The van der Waals surface area contributed by atoms with Crippen LogP contribution in [0, 0.1) is 6.92 Å². The van der Waals surface area contributed by atoms with Crippen molar-refractivity contribution in [2.75, 3.05) is 36.4 Å². The average molecular weight is 428 g/mol. The van der Waals surface area contributed by atoms with Crippen LogP contribution in [0.25, 0.3) is 22.0 Å². The summed E-state index contributed by atoms with van der Waals surface area (Å²) >= 11 is 3.14. The molecule has 3 N–H and O–H groups in total. The zero-order chi connectivity index (χ0) is 19.8. The number of pyridine rings is 1. The van der Waals surface area contributed by atoms with E-state index in [1.807, 2.05) is 17.0 Å². The lowest BCUT2D eigenvalue weighted by Gasteiger charge is -2.37. The second-order valence-electron chi connectivity index (χ2n) is 7.13. The van der Waals surface area contributed by atoms with Crippen molar-refractivity contribution < 1.29 is 5.11 Å². The average Bonchev–Trinajstić information content (AvgIpc) is 3.36. The van der Waals surface area contributed by atoms with Crippen molar-refractivity contribution in [1.29, 1.82) is 0 Å². The number of anilines is 2. The number of aliphatic imine (C=N–C) groups is 1. The smallest absolute Gasteiger partial charge is 0.197 e. The molecule has 2 aliphatic heterocycles. The van der Waals surface area contributed by atoms with Crippen LogP contribution < -0.4 is 15.5 Å². The Bertz CT molecular complexity index is 1050. The Morgan fingerprint density at radius 1 is 1.21 bits per heavy atom. The summed E-state index contributed by atoms with van der Waals surface area (Å²) in [6.45, 7) is 5.14. The first-order chi connectivity index (χ1) is 14.2. The Morgan fingerprint density at radius 2 is 2.03 bits per heavy atom. The zero-order valence-electron chi connectivity index (χ0n) is 15.9. The molecule has 29 heavy (non-hydrogen) atoms. The molecule has 0 aromatic carbocycles. The fraction of sp³-hybridized carbons (Fsp3) is 0.368. The molecule has 0 radical (unpaired) electrons. The van der Waals surface area contributed by atoms with Gasteiger partial charge >= 0.3 is 0 Å². The second-order valence-corrected chi connectivity index (χ2v) is 8.84. The van der Waals surface area contributed by atoms with Gasteiger partial charge in [-0.3, -0.25) is 4.99 Å². The maximum absolute atomic E-state index is 9.49. The molecular formula is C19H21N7OS2. The van der Waals surface area contributed by atoms with Gasteiger partial charge in [0, 0.05) is 48.7 Å². The monoisotopic (exact) mass is 427 g/mol. The Hall–Kier alpha value is -2.56. The summed E-state index contributed by atoms with van der Waals surface area (Å²) in [4.78, 5) is 20.5. The summed E-state index contributed by atoms with van der Waals surface area (Å²) in [6, 6.07) is 2.06. The van der Waals surface area contributed by atoms with Gasteiger partial charge < -0.3 is 20.6 Å². The van der Waals surface area contributed by atoms with Crippen molar-refractivity contribution >= 4 is 39.6 Å². The van der Waals surface area contributed by atoms with Crippen LogP contribution >= 0.6 is 22.7 Å². The van der Waals surface area contributed by atoms with Gasteiger partial charge in [0.05, 0.1) is 6.10 Å². The largest absolute Gasteiger partial charge is 0.389 e. The third kappa shape index (κ3) is 3.83. The molecule has 0 atom stereocenters. The normalized spacial score (nSPS) is 16.9. The van der Waals surface area contributed by atoms with Gasteiger partial charge in [0.15, 0.2) is 11.1 Å². The van der Waals surface area contributed by atoms with E-state index in [0.717, 1.165) is 63.9 Å². The predicted octanol–water partition coefficient (Wildman–Crippen LogP) is 2.58. The van der Waals surface area contributed by atoms with Crippen molar-refractivity contribution in [2.45, 2.75) is 19.4 Å². The van der Waals surface area contributed by atoms with Crippen LogP contribution in [0.1, 0.15) is 12.0 Å². The van der Waals surface area contributed by atoms with Crippen molar-refractivity contribution in [3.8, 4) is 22.0 Å². The van der Waals surface area contributed by atoms with Gasteiger partial charge in [0.1, 0.15) is 22.2 Å². The molecular weight excluding hydrogens is 406 g/mol. The molecule has 0 amide bonds. The SMILES string of the molecule is Cc1cc(N2CC(O)C2)ncc1-c1nc(-c2csc(NC3=NCCCN3)n2)cs1. The summed E-state index contributed by atoms with van der Waals surface area (Å²) in [6.07, 6.45) is 2.70. The summed E-state index contributed by atoms with van der Waals surface area (Å²) in [5.41, 5.74) is 3.87. The predicted molar refractivity (Wildman–Crippen MR) is 118 cm³/mol. The first-order valence-electron chi connectivity index (χ1n) is 9.52. The number of hydrogen-bond donors (Lipinski definition) is 3. The highest BCUT2D eigenvalue weighted by molar-refractivity contribution is 7.14. The van der Waals surface area contributed by atoms with E-state index < -0.39 is 0 Å². The van der Waals surface area contributed by atoms with E-state index in [9.17, 15) is 5.11 Å². The minimum absolute atomic E-state index is 0.239. The zero-order valence-corrected chi connectivity index (χ0v) is 17.6. The van der Waals surface area contributed by atoms with Gasteiger partial charge in [-0.15, -0.1) is 22.7 Å². The standard InChI is InChI=1S/C19H21N7OS2/c1-11-5-16(26-7-12(27)8-26)22-6-13(11)17-23-14(9-28-17)15-10-29-19(24-15)25-18-20-3-2-4-21-18/h5-6,9-10,12,27H,2-4,7-8H2,1H3,(H2,20,21,24,25). The lowest BCUT2D eigenvalue weighted by Crippen LogP contribution is -2.51. The van der Waals surface area contributed by atoms with E-state index in [1.54, 1.807) is 22.7 Å². The van der Waals surface area contributed by atoms with Gasteiger partial charge in [-0.1, -0.05) is 0 Å². The molecule has 150 valence electrons. The van der Waals surface area contributed by atoms with Crippen LogP contribution in [0.15, 0.2) is 28.0 Å². The Morgan fingerprint density at radius 3 is 2.79 bits per heavy atom. The van der Waals surface area contributed by atoms with E-state index in [0.29, 0.717) is 13.1 Å². The number of nitrogens with one attached hydrogen (secondary N) is 2. The molecule has 0 spiro atoms. The lowest BCUT2D eigenvalue weighted by molar-refractivity contribution is 0.141. The summed E-state index contributed by atoms with van der Waals surface area (Å²) in [5, 5.41) is 21.7. The minimum Gasteiger partial charge on any atom is -0.389 e. The van der Waals surface area contributed by atoms with Crippen LogP contribution in [0.4, 0.5) is 10.9 Å². The molecule has 2 aliphatic rings. The number of aryl methyl sites for hydroxylation is 1. The number of β-amino-alcohol motifs (C(OH)–C–C–N with tert-alkyl or cyclic N) is 1. The molecule has 1 fully saturated rings. The van der Waals surface area contributed by atoms with Crippen LogP contribution in [0.5, 0.6) is 0 Å². The van der Waals surface area contributed by atoms with Crippen molar-refractivity contribution in [3.05, 3.63) is 28.6 Å². The van der Waals surface area contributed by atoms with E-state index in [1.165, 1.54) is 0 Å². The number of aromatic nitrogens is 3. The van der Waals surface area contributed by atoms with E-state index in [4.69, 9.17) is 4.98 Å². The maximum atomic E-state index is 9.49. The van der Waals surface area contributed by atoms with Gasteiger partial charge in [-0.25, -0.2) is 15.0 Å². The number of guanidine groups is 1. The van der Waals surface area contributed by atoms with Crippen molar-refractivity contribution in [2.24, 2.45) is 4.99 Å². The number of aliphatic hydroxyl groups is 1. The number of rotatable bonds is 4. The number of hydrogen-bond acceptors (Lipinski definition) is 10. The Balaban J connectivity index is 1.32. The molecule has 3 aromatic heterocycles. The Kier molecular flexibility index (Phi) is 4.90. The number of aliphatic hydroxyl groups excluding tert-OH is 1. The highest BCUT2D eigenvalue weighted by atomic mass is 32.1. The summed E-state index contributed by atoms with van der Waals surface area (Å²) < 4.78 is 0. The third-order valence-electron chi connectivity index (χ3n) is 4.91. The quantitative estimate of drug-likeness (QED) is 0.589.